The molecule has 3 rings (SSSR count). The van der Waals surface area contributed by atoms with Gasteiger partial charge in [0.05, 0.1) is 11.1 Å². The Morgan fingerprint density at radius 3 is 2.75 bits per heavy atom. The summed E-state index contributed by atoms with van der Waals surface area (Å²) in [7, 11) is 0. The SMILES string of the molecule is NCCc1nc(C(=O)c2ccc(OC3CC3)cc2)cs1. The van der Waals surface area contributed by atoms with Crippen molar-refractivity contribution < 1.29 is 9.53 Å². The van der Waals surface area contributed by atoms with Gasteiger partial charge in [-0.2, -0.15) is 0 Å². The minimum Gasteiger partial charge on any atom is -0.490 e. The molecule has 4 nitrogen and oxygen atoms in total. The number of aromatic nitrogens is 1. The number of rotatable bonds is 6. The largest absolute Gasteiger partial charge is 0.490 e. The topological polar surface area (TPSA) is 65.2 Å². The van der Waals surface area contributed by atoms with Crippen LogP contribution in [0.25, 0.3) is 0 Å². The molecule has 0 atom stereocenters. The highest BCUT2D eigenvalue weighted by Gasteiger charge is 2.23. The van der Waals surface area contributed by atoms with Crippen LogP contribution < -0.4 is 10.5 Å². The molecule has 104 valence electrons. The minimum atomic E-state index is -0.0532. The van der Waals surface area contributed by atoms with Crippen LogP contribution in [0, 0.1) is 0 Å². The first-order chi connectivity index (χ1) is 9.76. The van der Waals surface area contributed by atoms with E-state index in [2.05, 4.69) is 4.98 Å². The number of nitrogens with zero attached hydrogens (tertiary/aromatic N) is 1. The lowest BCUT2D eigenvalue weighted by atomic mass is 10.1. The van der Waals surface area contributed by atoms with Gasteiger partial charge in [0.1, 0.15) is 11.4 Å². The number of hydrogen-bond acceptors (Lipinski definition) is 5. The predicted molar refractivity (Wildman–Crippen MR) is 78.4 cm³/mol. The van der Waals surface area contributed by atoms with E-state index in [9.17, 15) is 4.79 Å². The van der Waals surface area contributed by atoms with E-state index in [1.54, 1.807) is 17.5 Å². The molecule has 1 heterocycles. The number of benzene rings is 1. The van der Waals surface area contributed by atoms with Crippen LogP contribution in [0.1, 0.15) is 33.9 Å². The first kappa shape index (κ1) is 13.3. The van der Waals surface area contributed by atoms with E-state index >= 15 is 0 Å². The second kappa shape index (κ2) is 5.73. The molecule has 5 heteroatoms. The zero-order valence-electron chi connectivity index (χ0n) is 11.0. The standard InChI is InChI=1S/C15H16N2O2S/c16-8-7-14-17-13(9-20-14)15(18)10-1-3-11(4-2-10)19-12-5-6-12/h1-4,9,12H,5-8,16H2. The summed E-state index contributed by atoms with van der Waals surface area (Å²) in [6.07, 6.45) is 3.34. The van der Waals surface area contributed by atoms with Gasteiger partial charge in [0.2, 0.25) is 5.78 Å². The molecular weight excluding hydrogens is 272 g/mol. The van der Waals surface area contributed by atoms with Crippen LogP contribution in [0.4, 0.5) is 0 Å². The zero-order valence-corrected chi connectivity index (χ0v) is 11.9. The molecule has 0 saturated heterocycles. The lowest BCUT2D eigenvalue weighted by molar-refractivity contribution is 0.103. The fraction of sp³-hybridized carbons (Fsp3) is 0.333. The fourth-order valence-electron chi connectivity index (χ4n) is 1.86. The van der Waals surface area contributed by atoms with Crippen LogP contribution in [0.2, 0.25) is 0 Å². The first-order valence-corrected chi connectivity index (χ1v) is 7.60. The summed E-state index contributed by atoms with van der Waals surface area (Å²) in [6.45, 7) is 0.550. The summed E-state index contributed by atoms with van der Waals surface area (Å²) in [5, 5.41) is 2.70. The second-order valence-corrected chi connectivity index (χ2v) is 5.78. The average molecular weight is 288 g/mol. The Hall–Kier alpha value is -1.72. The molecule has 20 heavy (non-hydrogen) atoms. The van der Waals surface area contributed by atoms with Crippen LogP contribution in [-0.4, -0.2) is 23.4 Å². The number of nitrogens with two attached hydrogens (primary N) is 1. The van der Waals surface area contributed by atoms with E-state index in [-0.39, 0.29) is 5.78 Å². The highest BCUT2D eigenvalue weighted by Crippen LogP contribution is 2.27. The van der Waals surface area contributed by atoms with Gasteiger partial charge in [0.25, 0.3) is 0 Å². The molecule has 0 radical (unpaired) electrons. The zero-order chi connectivity index (χ0) is 13.9. The van der Waals surface area contributed by atoms with Crippen LogP contribution in [0.15, 0.2) is 29.6 Å². The van der Waals surface area contributed by atoms with E-state index in [1.807, 2.05) is 12.1 Å². The van der Waals surface area contributed by atoms with Crippen molar-refractivity contribution in [1.29, 1.82) is 0 Å². The van der Waals surface area contributed by atoms with Gasteiger partial charge in [-0.15, -0.1) is 11.3 Å². The Morgan fingerprint density at radius 1 is 1.35 bits per heavy atom. The summed E-state index contributed by atoms with van der Waals surface area (Å²) in [5.74, 6) is 0.772. The van der Waals surface area contributed by atoms with Crippen LogP contribution in [0.3, 0.4) is 0 Å². The van der Waals surface area contributed by atoms with Crippen molar-refractivity contribution in [1.82, 2.24) is 4.98 Å². The van der Waals surface area contributed by atoms with Gasteiger partial charge in [-0.05, 0) is 43.7 Å². The van der Waals surface area contributed by atoms with Crippen LogP contribution in [0.5, 0.6) is 5.75 Å². The maximum absolute atomic E-state index is 12.3. The van der Waals surface area contributed by atoms with E-state index in [0.717, 1.165) is 23.6 Å². The van der Waals surface area contributed by atoms with E-state index in [0.29, 0.717) is 30.3 Å². The molecule has 0 amide bonds. The summed E-state index contributed by atoms with van der Waals surface area (Å²) >= 11 is 1.48. The third kappa shape index (κ3) is 3.05. The van der Waals surface area contributed by atoms with Crippen molar-refractivity contribution >= 4 is 17.1 Å². The van der Waals surface area contributed by atoms with Crippen LogP contribution in [-0.2, 0) is 6.42 Å². The van der Waals surface area contributed by atoms with Gasteiger partial charge < -0.3 is 10.5 Å². The van der Waals surface area contributed by atoms with E-state index < -0.39 is 0 Å². The number of ether oxygens (including phenoxy) is 1. The van der Waals surface area contributed by atoms with Crippen molar-refractivity contribution in [2.75, 3.05) is 6.54 Å². The van der Waals surface area contributed by atoms with Crippen molar-refractivity contribution in [2.45, 2.75) is 25.4 Å². The molecule has 1 aliphatic rings. The van der Waals surface area contributed by atoms with Crippen LogP contribution >= 0.6 is 11.3 Å². The molecule has 0 unspecified atom stereocenters. The normalized spacial score (nSPS) is 14.2. The molecule has 1 saturated carbocycles. The van der Waals surface area contributed by atoms with Gasteiger partial charge in [-0.3, -0.25) is 4.79 Å². The van der Waals surface area contributed by atoms with E-state index in [1.165, 1.54) is 11.3 Å². The highest BCUT2D eigenvalue weighted by atomic mass is 32.1. The van der Waals surface area contributed by atoms with Crippen molar-refractivity contribution in [3.8, 4) is 5.75 Å². The Kier molecular flexibility index (Phi) is 3.80. The maximum atomic E-state index is 12.3. The number of carbonyl (C=O) groups excluding carboxylic acids is 1. The average Bonchev–Trinajstić information content (AvgIpc) is 3.15. The first-order valence-electron chi connectivity index (χ1n) is 6.72. The molecule has 1 aromatic heterocycles. The summed E-state index contributed by atoms with van der Waals surface area (Å²) in [4.78, 5) is 16.6. The fourth-order valence-corrected chi connectivity index (χ4v) is 2.66. The lowest BCUT2D eigenvalue weighted by Crippen LogP contribution is -2.05. The third-order valence-electron chi connectivity index (χ3n) is 3.09. The highest BCUT2D eigenvalue weighted by molar-refractivity contribution is 7.09. The second-order valence-electron chi connectivity index (χ2n) is 4.84. The number of hydrogen-bond donors (Lipinski definition) is 1. The number of thiazole rings is 1. The molecule has 1 aromatic carbocycles. The molecule has 0 aliphatic heterocycles. The van der Waals surface area contributed by atoms with E-state index in [4.69, 9.17) is 10.5 Å². The molecule has 0 spiro atoms. The monoisotopic (exact) mass is 288 g/mol. The maximum Gasteiger partial charge on any atom is 0.212 e. The molecule has 0 bridgehead atoms. The van der Waals surface area contributed by atoms with Crippen molar-refractivity contribution in [3.63, 3.8) is 0 Å². The van der Waals surface area contributed by atoms with Gasteiger partial charge in [0, 0.05) is 17.4 Å². The molecule has 1 aliphatic carbocycles. The Balaban J connectivity index is 1.71. The third-order valence-corrected chi connectivity index (χ3v) is 3.99. The molecule has 2 aromatic rings. The van der Waals surface area contributed by atoms with Gasteiger partial charge >= 0.3 is 0 Å². The summed E-state index contributed by atoms with van der Waals surface area (Å²) in [6, 6.07) is 7.28. The molecular formula is C15H16N2O2S. The molecule has 2 N–H and O–H groups in total. The Labute approximate surface area is 121 Å². The Bertz CT molecular complexity index is 603. The smallest absolute Gasteiger partial charge is 0.212 e. The predicted octanol–water partition coefficient (Wildman–Crippen LogP) is 2.42. The van der Waals surface area contributed by atoms with Crippen molar-refractivity contribution in [2.24, 2.45) is 5.73 Å². The lowest BCUT2D eigenvalue weighted by Gasteiger charge is -2.04. The Morgan fingerprint density at radius 2 is 2.10 bits per heavy atom. The van der Waals surface area contributed by atoms with Gasteiger partial charge in [-0.25, -0.2) is 4.98 Å². The quantitative estimate of drug-likeness (QED) is 0.829. The number of ketones is 1. The van der Waals surface area contributed by atoms with Crippen molar-refractivity contribution in [3.05, 3.63) is 45.9 Å². The number of carbonyl (C=O) groups is 1. The van der Waals surface area contributed by atoms with Gasteiger partial charge in [-0.1, -0.05) is 0 Å². The summed E-state index contributed by atoms with van der Waals surface area (Å²) in [5.41, 5.74) is 6.62. The minimum absolute atomic E-state index is 0.0532. The summed E-state index contributed by atoms with van der Waals surface area (Å²) < 4.78 is 5.66. The van der Waals surface area contributed by atoms with Gasteiger partial charge in [0.15, 0.2) is 0 Å². The molecule has 1 fully saturated rings.